The summed E-state index contributed by atoms with van der Waals surface area (Å²) in [5.41, 5.74) is 1.13. The van der Waals surface area contributed by atoms with Crippen molar-refractivity contribution >= 4 is 17.5 Å². The molecule has 0 saturated carbocycles. The van der Waals surface area contributed by atoms with Crippen LogP contribution in [-0.2, 0) is 0 Å². The van der Waals surface area contributed by atoms with Crippen molar-refractivity contribution in [1.29, 1.82) is 0 Å². The third-order valence-electron chi connectivity index (χ3n) is 4.83. The number of likely N-dealkylation sites (tertiary alicyclic amines) is 1. The number of nitrogens with zero attached hydrogens (tertiary/aromatic N) is 2. The number of carbonyl (C=O) groups is 2. The Morgan fingerprint density at radius 1 is 1.27 bits per heavy atom. The van der Waals surface area contributed by atoms with E-state index >= 15 is 0 Å². The molecule has 1 fully saturated rings. The van der Waals surface area contributed by atoms with E-state index in [0.29, 0.717) is 17.2 Å². The number of para-hydroxylation sites is 1. The molecule has 1 N–H and O–H groups in total. The molecule has 2 aromatic rings. The summed E-state index contributed by atoms with van der Waals surface area (Å²) < 4.78 is 5.20. The van der Waals surface area contributed by atoms with Crippen LogP contribution in [0.5, 0.6) is 0 Å². The summed E-state index contributed by atoms with van der Waals surface area (Å²) in [7, 11) is 3.60. The fourth-order valence-electron chi connectivity index (χ4n) is 3.50. The summed E-state index contributed by atoms with van der Waals surface area (Å²) in [6, 6.07) is 10.5. The average Bonchev–Trinajstić information content (AvgIpc) is 3.21. The van der Waals surface area contributed by atoms with Crippen molar-refractivity contribution < 1.29 is 14.0 Å². The van der Waals surface area contributed by atoms with Crippen LogP contribution in [0.2, 0.25) is 0 Å². The van der Waals surface area contributed by atoms with E-state index < -0.39 is 0 Å². The molecule has 6 heteroatoms. The lowest BCUT2D eigenvalue weighted by Gasteiger charge is -2.33. The van der Waals surface area contributed by atoms with Gasteiger partial charge in [-0.3, -0.25) is 9.59 Å². The molecule has 1 aromatic carbocycles. The maximum Gasteiger partial charge on any atom is 0.293 e. The molecule has 0 aliphatic carbocycles. The van der Waals surface area contributed by atoms with E-state index in [1.807, 2.05) is 24.1 Å². The number of hydrogen-bond acceptors (Lipinski definition) is 4. The standard InChI is InChI=1S/C20H25N3O3/c1-21-13-15-7-5-11-23(14-15)19(24)16-8-3-4-9-17(16)22(2)20(25)18-10-6-12-26-18/h3-4,6,8-10,12,15,21H,5,7,11,13-14H2,1-2H3. The average molecular weight is 355 g/mol. The highest BCUT2D eigenvalue weighted by molar-refractivity contribution is 6.09. The van der Waals surface area contributed by atoms with Crippen molar-refractivity contribution in [2.24, 2.45) is 5.92 Å². The molecule has 2 amide bonds. The van der Waals surface area contributed by atoms with Crippen LogP contribution in [0.1, 0.15) is 33.8 Å². The van der Waals surface area contributed by atoms with Crippen LogP contribution in [-0.4, -0.2) is 50.4 Å². The van der Waals surface area contributed by atoms with E-state index in [1.54, 1.807) is 31.3 Å². The lowest BCUT2D eigenvalue weighted by Crippen LogP contribution is -2.43. The van der Waals surface area contributed by atoms with Gasteiger partial charge in [0.05, 0.1) is 17.5 Å². The summed E-state index contributed by atoms with van der Waals surface area (Å²) >= 11 is 0. The summed E-state index contributed by atoms with van der Waals surface area (Å²) in [6.45, 7) is 2.40. The van der Waals surface area contributed by atoms with Gasteiger partial charge < -0.3 is 19.5 Å². The maximum atomic E-state index is 13.1. The lowest BCUT2D eigenvalue weighted by atomic mass is 9.97. The van der Waals surface area contributed by atoms with Gasteiger partial charge in [-0.1, -0.05) is 12.1 Å². The Morgan fingerprint density at radius 3 is 2.81 bits per heavy atom. The predicted octanol–water partition coefficient (Wildman–Crippen LogP) is 2.63. The number of furan rings is 1. The van der Waals surface area contributed by atoms with Gasteiger partial charge in [0.25, 0.3) is 11.8 Å². The molecule has 1 saturated heterocycles. The number of piperidine rings is 1. The fraction of sp³-hybridized carbons (Fsp3) is 0.400. The Hall–Kier alpha value is -2.60. The SMILES string of the molecule is CNCC1CCCN(C(=O)c2ccccc2N(C)C(=O)c2ccco2)C1. The van der Waals surface area contributed by atoms with Crippen molar-refractivity contribution in [3.63, 3.8) is 0 Å². The second-order valence-electron chi connectivity index (χ2n) is 6.68. The number of amides is 2. The Labute approximate surface area is 153 Å². The molecule has 0 spiro atoms. The van der Waals surface area contributed by atoms with E-state index in [2.05, 4.69) is 5.32 Å². The van der Waals surface area contributed by atoms with Crippen molar-refractivity contribution in [3.05, 3.63) is 54.0 Å². The minimum Gasteiger partial charge on any atom is -0.459 e. The summed E-state index contributed by atoms with van der Waals surface area (Å²) in [5, 5.41) is 3.20. The molecule has 1 unspecified atom stereocenters. The van der Waals surface area contributed by atoms with E-state index in [9.17, 15) is 9.59 Å². The number of nitrogens with one attached hydrogen (secondary N) is 1. The first-order valence-corrected chi connectivity index (χ1v) is 8.96. The van der Waals surface area contributed by atoms with E-state index in [4.69, 9.17) is 4.42 Å². The minimum atomic E-state index is -0.276. The van der Waals surface area contributed by atoms with Crippen LogP contribution in [0.3, 0.4) is 0 Å². The molecule has 26 heavy (non-hydrogen) atoms. The van der Waals surface area contributed by atoms with E-state index in [-0.39, 0.29) is 17.6 Å². The first-order valence-electron chi connectivity index (χ1n) is 8.96. The van der Waals surface area contributed by atoms with Crippen LogP contribution < -0.4 is 10.2 Å². The number of carbonyl (C=O) groups excluding carboxylic acids is 2. The Morgan fingerprint density at radius 2 is 2.08 bits per heavy atom. The van der Waals surface area contributed by atoms with Crippen molar-refractivity contribution in [3.8, 4) is 0 Å². The molecule has 1 aromatic heterocycles. The zero-order chi connectivity index (χ0) is 18.5. The smallest absolute Gasteiger partial charge is 0.293 e. The van der Waals surface area contributed by atoms with Gasteiger partial charge in [0.15, 0.2) is 5.76 Å². The molecular weight excluding hydrogens is 330 g/mol. The first kappa shape index (κ1) is 18.2. The van der Waals surface area contributed by atoms with Crippen LogP contribution in [0.4, 0.5) is 5.69 Å². The normalized spacial score (nSPS) is 17.2. The van der Waals surface area contributed by atoms with E-state index in [1.165, 1.54) is 11.2 Å². The lowest BCUT2D eigenvalue weighted by molar-refractivity contribution is 0.0675. The van der Waals surface area contributed by atoms with Gasteiger partial charge in [0.2, 0.25) is 0 Å². The predicted molar refractivity (Wildman–Crippen MR) is 100 cm³/mol. The molecular formula is C20H25N3O3. The van der Waals surface area contributed by atoms with Crippen LogP contribution in [0.15, 0.2) is 47.1 Å². The third-order valence-corrected chi connectivity index (χ3v) is 4.83. The van der Waals surface area contributed by atoms with Gasteiger partial charge in [-0.15, -0.1) is 0 Å². The molecule has 0 bridgehead atoms. The van der Waals surface area contributed by atoms with Crippen molar-refractivity contribution in [2.45, 2.75) is 12.8 Å². The van der Waals surface area contributed by atoms with Gasteiger partial charge in [-0.05, 0) is 56.6 Å². The zero-order valence-electron chi connectivity index (χ0n) is 15.3. The third kappa shape index (κ3) is 3.80. The molecule has 0 radical (unpaired) electrons. The highest BCUT2D eigenvalue weighted by atomic mass is 16.3. The van der Waals surface area contributed by atoms with Crippen molar-refractivity contribution in [2.75, 3.05) is 38.6 Å². The number of anilines is 1. The van der Waals surface area contributed by atoms with Gasteiger partial charge in [0.1, 0.15) is 0 Å². The summed E-state index contributed by atoms with van der Waals surface area (Å²) in [6.07, 6.45) is 3.60. The van der Waals surface area contributed by atoms with Gasteiger partial charge in [-0.25, -0.2) is 0 Å². The number of hydrogen-bond donors (Lipinski definition) is 1. The minimum absolute atomic E-state index is 0.0273. The quantitative estimate of drug-likeness (QED) is 0.895. The highest BCUT2D eigenvalue weighted by Crippen LogP contribution is 2.25. The first-order chi connectivity index (χ1) is 12.6. The number of rotatable bonds is 5. The second-order valence-corrected chi connectivity index (χ2v) is 6.68. The topological polar surface area (TPSA) is 65.8 Å². The Balaban J connectivity index is 1.82. The number of benzene rings is 1. The molecule has 1 aliphatic rings. The monoisotopic (exact) mass is 355 g/mol. The van der Waals surface area contributed by atoms with Gasteiger partial charge in [0, 0.05) is 20.1 Å². The molecule has 138 valence electrons. The summed E-state index contributed by atoms with van der Waals surface area (Å²) in [4.78, 5) is 29.1. The highest BCUT2D eigenvalue weighted by Gasteiger charge is 2.27. The van der Waals surface area contributed by atoms with Crippen molar-refractivity contribution in [1.82, 2.24) is 10.2 Å². The second kappa shape index (κ2) is 8.19. The fourth-order valence-corrected chi connectivity index (χ4v) is 3.50. The van der Waals surface area contributed by atoms with Gasteiger partial charge >= 0.3 is 0 Å². The zero-order valence-corrected chi connectivity index (χ0v) is 15.3. The van der Waals surface area contributed by atoms with Crippen LogP contribution in [0.25, 0.3) is 0 Å². The summed E-state index contributed by atoms with van der Waals surface area (Å²) in [5.74, 6) is 0.414. The maximum absolute atomic E-state index is 13.1. The molecule has 1 atom stereocenters. The van der Waals surface area contributed by atoms with E-state index in [0.717, 1.165) is 32.5 Å². The van der Waals surface area contributed by atoms with Gasteiger partial charge in [-0.2, -0.15) is 0 Å². The molecule has 2 heterocycles. The Bertz CT molecular complexity index is 755. The molecule has 3 rings (SSSR count). The van der Waals surface area contributed by atoms with Crippen LogP contribution in [0, 0.1) is 5.92 Å². The molecule has 1 aliphatic heterocycles. The Kier molecular flexibility index (Phi) is 5.73. The largest absolute Gasteiger partial charge is 0.459 e. The molecule has 6 nitrogen and oxygen atoms in total. The van der Waals surface area contributed by atoms with Crippen LogP contribution >= 0.6 is 0 Å².